The molecule has 184 valence electrons. The fourth-order valence-corrected chi connectivity index (χ4v) is 5.58. The predicted octanol–water partition coefficient (Wildman–Crippen LogP) is 2.86. The lowest BCUT2D eigenvalue weighted by Crippen LogP contribution is -2.28. The molecule has 13 heteroatoms. The highest BCUT2D eigenvalue weighted by atomic mass is 32.2. The number of aryl methyl sites for hydroxylation is 1. The number of sulfonamides is 1. The third kappa shape index (κ3) is 4.89. The zero-order chi connectivity index (χ0) is 24.4. The molecular formula is C22H25N7O4S2. The Balaban J connectivity index is 1.43. The molecule has 1 aliphatic rings. The van der Waals surface area contributed by atoms with Gasteiger partial charge in [-0.15, -0.1) is 12.6 Å². The van der Waals surface area contributed by atoms with E-state index in [-0.39, 0.29) is 29.2 Å². The first kappa shape index (κ1) is 23.7. The van der Waals surface area contributed by atoms with Crippen LogP contribution in [0.4, 0.5) is 5.69 Å². The van der Waals surface area contributed by atoms with Crippen molar-refractivity contribution in [2.75, 3.05) is 18.5 Å². The smallest absolute Gasteiger partial charge is 0.261 e. The fraction of sp³-hybridized carbons (Fsp3) is 0.364. The normalized spacial score (nSPS) is 15.0. The average molecular weight is 516 g/mol. The van der Waals surface area contributed by atoms with Crippen molar-refractivity contribution in [3.63, 3.8) is 0 Å². The molecular weight excluding hydrogens is 490 g/mol. The number of pyridine rings is 1. The number of aromatic nitrogens is 5. The third-order valence-corrected chi connectivity index (χ3v) is 7.81. The molecule has 0 atom stereocenters. The van der Waals surface area contributed by atoms with E-state index >= 15 is 0 Å². The van der Waals surface area contributed by atoms with Gasteiger partial charge in [-0.05, 0) is 31.9 Å². The SMILES string of the molecule is CCn1ncc2c(NC3CCOCC3)c(-c3nc(CNS(=O)(=O)c4ccccc4S)no3)cnc21. The van der Waals surface area contributed by atoms with E-state index in [1.165, 1.54) is 6.07 Å². The zero-order valence-corrected chi connectivity index (χ0v) is 20.7. The second-order valence-corrected chi connectivity index (χ2v) is 10.3. The molecule has 1 aromatic carbocycles. The monoisotopic (exact) mass is 515 g/mol. The Kier molecular flexibility index (Phi) is 6.73. The van der Waals surface area contributed by atoms with E-state index in [1.807, 2.05) is 11.6 Å². The van der Waals surface area contributed by atoms with Crippen molar-refractivity contribution in [1.82, 2.24) is 29.6 Å². The number of hydrogen-bond acceptors (Lipinski definition) is 10. The zero-order valence-electron chi connectivity index (χ0n) is 19.0. The molecule has 11 nitrogen and oxygen atoms in total. The molecule has 0 bridgehead atoms. The Morgan fingerprint density at radius 2 is 2.00 bits per heavy atom. The summed E-state index contributed by atoms with van der Waals surface area (Å²) in [6, 6.07) is 6.66. The van der Waals surface area contributed by atoms with Crippen molar-refractivity contribution in [2.24, 2.45) is 0 Å². The van der Waals surface area contributed by atoms with Crippen LogP contribution in [0.1, 0.15) is 25.6 Å². The molecule has 35 heavy (non-hydrogen) atoms. The molecule has 0 aliphatic carbocycles. The van der Waals surface area contributed by atoms with E-state index in [4.69, 9.17) is 9.26 Å². The van der Waals surface area contributed by atoms with E-state index in [9.17, 15) is 8.42 Å². The summed E-state index contributed by atoms with van der Waals surface area (Å²) in [5.41, 5.74) is 2.19. The van der Waals surface area contributed by atoms with Crippen molar-refractivity contribution in [3.8, 4) is 11.5 Å². The largest absolute Gasteiger partial charge is 0.381 e. The summed E-state index contributed by atoms with van der Waals surface area (Å²) in [5, 5.41) is 12.9. The minimum Gasteiger partial charge on any atom is -0.381 e. The number of benzene rings is 1. The van der Waals surface area contributed by atoms with Crippen molar-refractivity contribution in [2.45, 2.75) is 48.7 Å². The lowest BCUT2D eigenvalue weighted by Gasteiger charge is -2.25. The highest BCUT2D eigenvalue weighted by molar-refractivity contribution is 7.90. The quantitative estimate of drug-likeness (QED) is 0.303. The lowest BCUT2D eigenvalue weighted by molar-refractivity contribution is 0.0905. The highest BCUT2D eigenvalue weighted by Crippen LogP contribution is 2.34. The number of fused-ring (bicyclic) bond motifs is 1. The third-order valence-electron chi connectivity index (χ3n) is 5.81. The van der Waals surface area contributed by atoms with Gasteiger partial charge in [0.1, 0.15) is 0 Å². The summed E-state index contributed by atoms with van der Waals surface area (Å²) in [6.07, 6.45) is 5.19. The summed E-state index contributed by atoms with van der Waals surface area (Å²) in [4.78, 5) is 9.44. The molecule has 3 aromatic heterocycles. The van der Waals surface area contributed by atoms with Crippen LogP contribution in [0, 0.1) is 0 Å². The Bertz CT molecular complexity index is 1450. The Hall–Kier alpha value is -3.00. The van der Waals surface area contributed by atoms with Gasteiger partial charge in [0.25, 0.3) is 5.89 Å². The number of rotatable bonds is 8. The molecule has 1 fully saturated rings. The van der Waals surface area contributed by atoms with Crippen LogP contribution in [0.5, 0.6) is 0 Å². The first-order valence-corrected chi connectivity index (χ1v) is 13.2. The average Bonchev–Trinajstić information content (AvgIpc) is 3.51. The number of nitrogens with one attached hydrogen (secondary N) is 2. The molecule has 5 rings (SSSR count). The molecule has 0 radical (unpaired) electrons. The summed E-state index contributed by atoms with van der Waals surface area (Å²) in [5.74, 6) is 0.434. The van der Waals surface area contributed by atoms with Gasteiger partial charge in [-0.1, -0.05) is 17.3 Å². The lowest BCUT2D eigenvalue weighted by atomic mass is 10.1. The molecule has 2 N–H and O–H groups in total. The molecule has 0 saturated carbocycles. The van der Waals surface area contributed by atoms with Gasteiger partial charge in [-0.2, -0.15) is 10.1 Å². The maximum atomic E-state index is 12.7. The molecule has 0 unspecified atom stereocenters. The van der Waals surface area contributed by atoms with Crippen LogP contribution in [-0.4, -0.2) is 52.6 Å². The predicted molar refractivity (Wildman–Crippen MR) is 132 cm³/mol. The van der Waals surface area contributed by atoms with Gasteiger partial charge < -0.3 is 14.6 Å². The van der Waals surface area contributed by atoms with E-state index in [2.05, 4.69) is 42.9 Å². The van der Waals surface area contributed by atoms with Crippen LogP contribution in [0.25, 0.3) is 22.5 Å². The summed E-state index contributed by atoms with van der Waals surface area (Å²) in [7, 11) is -3.80. The van der Waals surface area contributed by atoms with E-state index < -0.39 is 10.0 Å². The van der Waals surface area contributed by atoms with Gasteiger partial charge >= 0.3 is 0 Å². The summed E-state index contributed by atoms with van der Waals surface area (Å²) in [6.45, 7) is 3.93. The van der Waals surface area contributed by atoms with Crippen molar-refractivity contribution in [1.29, 1.82) is 0 Å². The molecule has 1 aliphatic heterocycles. The minimum absolute atomic E-state index is 0.0811. The van der Waals surface area contributed by atoms with E-state index in [0.29, 0.717) is 30.2 Å². The fourth-order valence-electron chi connectivity index (χ4n) is 3.98. The first-order valence-electron chi connectivity index (χ1n) is 11.3. The molecule has 1 saturated heterocycles. The van der Waals surface area contributed by atoms with Crippen LogP contribution in [0.15, 0.2) is 51.0 Å². The topological polar surface area (TPSA) is 137 Å². The van der Waals surface area contributed by atoms with Gasteiger partial charge in [0.2, 0.25) is 10.0 Å². The Morgan fingerprint density at radius 1 is 1.20 bits per heavy atom. The maximum Gasteiger partial charge on any atom is 0.261 e. The van der Waals surface area contributed by atoms with Gasteiger partial charge in [0.15, 0.2) is 11.5 Å². The number of nitrogens with zero attached hydrogens (tertiary/aromatic N) is 5. The van der Waals surface area contributed by atoms with Gasteiger partial charge in [-0.25, -0.2) is 22.8 Å². The number of thiol groups is 1. The standard InChI is InChI=1S/C22H25N7O4S2/c1-2-29-21-15(12-24-29)20(26-14-7-9-32-10-8-14)16(11-23-21)22-27-19(28-33-22)13-25-35(30,31)18-6-4-3-5-17(18)34/h3-6,11-12,14,25,34H,2,7-10,13H2,1H3,(H,23,26). The molecule has 0 spiro atoms. The van der Waals surface area contributed by atoms with Crippen LogP contribution in [0.2, 0.25) is 0 Å². The number of hydrogen-bond donors (Lipinski definition) is 3. The van der Waals surface area contributed by atoms with Crippen molar-refractivity contribution < 1.29 is 17.7 Å². The Labute approximate surface area is 207 Å². The maximum absolute atomic E-state index is 12.7. The van der Waals surface area contributed by atoms with Gasteiger partial charge in [0.05, 0.1) is 34.3 Å². The number of ether oxygens (including phenoxy) is 1. The van der Waals surface area contributed by atoms with E-state index in [1.54, 1.807) is 30.6 Å². The van der Waals surface area contributed by atoms with Crippen LogP contribution < -0.4 is 10.0 Å². The van der Waals surface area contributed by atoms with Crippen LogP contribution in [0.3, 0.4) is 0 Å². The van der Waals surface area contributed by atoms with Crippen molar-refractivity contribution >= 4 is 39.4 Å². The minimum atomic E-state index is -3.80. The second kappa shape index (κ2) is 9.93. The molecule has 0 amide bonds. The summed E-state index contributed by atoms with van der Waals surface area (Å²) >= 11 is 4.23. The molecule has 4 heterocycles. The van der Waals surface area contributed by atoms with Gasteiger partial charge in [0, 0.05) is 36.9 Å². The Morgan fingerprint density at radius 3 is 2.77 bits per heavy atom. The highest BCUT2D eigenvalue weighted by Gasteiger charge is 2.23. The van der Waals surface area contributed by atoms with Crippen LogP contribution in [-0.2, 0) is 27.8 Å². The second-order valence-electron chi connectivity index (χ2n) is 8.08. The first-order chi connectivity index (χ1) is 17.0. The molecule has 4 aromatic rings. The van der Waals surface area contributed by atoms with Crippen LogP contribution >= 0.6 is 12.6 Å². The van der Waals surface area contributed by atoms with E-state index in [0.717, 1.165) is 29.6 Å². The number of anilines is 1. The van der Waals surface area contributed by atoms with Gasteiger partial charge in [-0.3, -0.25) is 0 Å². The summed E-state index contributed by atoms with van der Waals surface area (Å²) < 4.78 is 40.7. The van der Waals surface area contributed by atoms with Crippen molar-refractivity contribution in [3.05, 3.63) is 42.5 Å².